The van der Waals surface area contributed by atoms with E-state index in [0.29, 0.717) is 9.26 Å². The number of carbonyl (C=O) groups excluding carboxylic acids is 1. The van der Waals surface area contributed by atoms with E-state index < -0.39 is 27.0 Å². The summed E-state index contributed by atoms with van der Waals surface area (Å²) in [6.07, 6.45) is 13.5. The first-order valence-corrected chi connectivity index (χ1v) is 13.3. The van der Waals surface area contributed by atoms with E-state index >= 15 is 0 Å². The van der Waals surface area contributed by atoms with E-state index in [1.54, 1.807) is 17.5 Å². The van der Waals surface area contributed by atoms with E-state index in [-0.39, 0.29) is 0 Å². The van der Waals surface area contributed by atoms with Crippen LogP contribution in [0, 0.1) is 0 Å². The molecular weight excluding hydrogens is 437 g/mol. The van der Waals surface area contributed by atoms with Crippen molar-refractivity contribution in [3.63, 3.8) is 0 Å². The molecule has 2 heterocycles. The van der Waals surface area contributed by atoms with Crippen LogP contribution in [-0.4, -0.2) is 36.4 Å². The molecule has 0 unspecified atom stereocenters. The third-order valence-corrected chi connectivity index (χ3v) is 11.8. The van der Waals surface area contributed by atoms with E-state index in [4.69, 9.17) is 5.73 Å². The Hall–Kier alpha value is -0.561. The summed E-state index contributed by atoms with van der Waals surface area (Å²) in [5.41, 5.74) is 5.56. The summed E-state index contributed by atoms with van der Waals surface area (Å²) >= 11 is 0.807. The van der Waals surface area contributed by atoms with Gasteiger partial charge in [0.15, 0.2) is 0 Å². The van der Waals surface area contributed by atoms with Gasteiger partial charge in [-0.1, -0.05) is 0 Å². The number of amides is 1. The summed E-state index contributed by atoms with van der Waals surface area (Å²) in [5, 5.41) is 2.27. The summed E-state index contributed by atoms with van der Waals surface area (Å²) in [5.74, 6) is 0.00262. The van der Waals surface area contributed by atoms with Gasteiger partial charge in [0.1, 0.15) is 0 Å². The van der Waals surface area contributed by atoms with Crippen molar-refractivity contribution in [1.29, 1.82) is 0 Å². The third-order valence-electron chi connectivity index (χ3n) is 4.90. The molecule has 0 saturated heterocycles. The molecule has 0 aliphatic carbocycles. The first-order chi connectivity index (χ1) is 12.1. The first kappa shape index (κ1) is 20.7. The Morgan fingerprint density at radius 1 is 1.16 bits per heavy atom. The van der Waals surface area contributed by atoms with E-state index in [0.717, 1.165) is 4.83 Å². The number of aromatic nitrogens is 2. The van der Waals surface area contributed by atoms with Gasteiger partial charge in [-0.05, 0) is 0 Å². The quantitative estimate of drug-likeness (QED) is 0.465. The van der Waals surface area contributed by atoms with Crippen LogP contribution in [0.3, 0.4) is 0 Å². The van der Waals surface area contributed by atoms with Gasteiger partial charge in [-0.25, -0.2) is 0 Å². The molecule has 2 radical (unpaired) electrons. The Morgan fingerprint density at radius 2 is 1.72 bits per heavy atom. The van der Waals surface area contributed by atoms with Crippen LogP contribution in [0.15, 0.2) is 11.6 Å². The van der Waals surface area contributed by atoms with Gasteiger partial charge in [0.05, 0.1) is 0 Å². The molecule has 1 amide bonds. The number of rotatable bonds is 12. The van der Waals surface area contributed by atoms with Crippen LogP contribution >= 0.6 is 11.3 Å². The van der Waals surface area contributed by atoms with Gasteiger partial charge in [0.2, 0.25) is 0 Å². The van der Waals surface area contributed by atoms with Gasteiger partial charge in [0.25, 0.3) is 0 Å². The molecule has 0 aliphatic heterocycles. The van der Waals surface area contributed by atoms with Crippen LogP contribution in [0.2, 0.25) is 3.43 Å². The summed E-state index contributed by atoms with van der Waals surface area (Å²) in [6.45, 7) is 6.87. The first-order valence-electron chi connectivity index (χ1n) is 9.59. The number of thiazole rings is 1. The zero-order valence-electron chi connectivity index (χ0n) is 15.8. The number of hydrogen-bond acceptors (Lipinski definition) is 3. The van der Waals surface area contributed by atoms with Gasteiger partial charge >= 0.3 is 166 Å². The number of imidazole rings is 1. The van der Waals surface area contributed by atoms with Crippen LogP contribution < -0.4 is 9.44 Å². The molecule has 0 bridgehead atoms. The van der Waals surface area contributed by atoms with E-state index in [1.165, 1.54) is 61.5 Å². The topological polar surface area (TPSA) is 60.4 Å². The molecular formula is C19H31N3OSSn. The second kappa shape index (κ2) is 9.95. The number of primary amides is 1. The SMILES string of the molecule is CCCC[C](CCCC)(CCCC)[Sn][c]1csc2cnc(C(N)=O)n12. The zero-order chi connectivity index (χ0) is 18.3. The Labute approximate surface area is 165 Å². The third kappa shape index (κ3) is 5.22. The molecule has 0 fully saturated rings. The van der Waals surface area contributed by atoms with Crippen molar-refractivity contribution in [1.82, 2.24) is 9.38 Å². The number of carbonyl (C=O) groups is 1. The Balaban J connectivity index is 2.36. The molecule has 25 heavy (non-hydrogen) atoms. The number of fused-ring (bicyclic) bond motifs is 1. The van der Waals surface area contributed by atoms with Gasteiger partial charge in [-0.3, -0.25) is 0 Å². The molecule has 0 spiro atoms. The van der Waals surface area contributed by atoms with Crippen molar-refractivity contribution < 1.29 is 4.79 Å². The maximum absolute atomic E-state index is 11.8. The average Bonchev–Trinajstić information content (AvgIpc) is 3.19. The predicted molar refractivity (Wildman–Crippen MR) is 108 cm³/mol. The van der Waals surface area contributed by atoms with Crippen molar-refractivity contribution in [2.75, 3.05) is 0 Å². The minimum absolute atomic E-state index is 0.416. The van der Waals surface area contributed by atoms with Gasteiger partial charge in [-0.15, -0.1) is 0 Å². The Bertz CT molecular complexity index is 658. The summed E-state index contributed by atoms with van der Waals surface area (Å²) in [7, 11) is 0. The maximum atomic E-state index is 11.8. The Morgan fingerprint density at radius 3 is 2.20 bits per heavy atom. The van der Waals surface area contributed by atoms with Crippen LogP contribution in [0.5, 0.6) is 0 Å². The standard InChI is InChI=1S/C13H27.C6H4N3OS.Sn/c1-4-7-10-13(11-8-5-2)12-9-6-3;7-5(10)6-8-3-4-9(6)1-2-11-4;/h4-12H2,1-3H3;2-3H,(H2,7,10);. The van der Waals surface area contributed by atoms with Crippen molar-refractivity contribution >= 4 is 46.9 Å². The molecule has 0 aliphatic rings. The van der Waals surface area contributed by atoms with E-state index in [2.05, 4.69) is 35.5 Å². The van der Waals surface area contributed by atoms with Gasteiger partial charge in [0, 0.05) is 0 Å². The number of nitrogens with two attached hydrogens (primary N) is 1. The minimum atomic E-state index is -0.893. The zero-order valence-corrected chi connectivity index (χ0v) is 19.5. The van der Waals surface area contributed by atoms with Crippen molar-refractivity contribution in [3.05, 3.63) is 17.4 Å². The molecule has 0 atom stereocenters. The molecule has 0 aromatic carbocycles. The summed E-state index contributed by atoms with van der Waals surface area (Å²) in [4.78, 5) is 17.1. The molecule has 2 N–H and O–H groups in total. The second-order valence-electron chi connectivity index (χ2n) is 6.96. The average molecular weight is 468 g/mol. The van der Waals surface area contributed by atoms with Crippen LogP contribution in [0.4, 0.5) is 0 Å². The number of hydrogen-bond donors (Lipinski definition) is 1. The monoisotopic (exact) mass is 469 g/mol. The van der Waals surface area contributed by atoms with Gasteiger partial charge < -0.3 is 0 Å². The number of unbranched alkanes of at least 4 members (excludes halogenated alkanes) is 3. The molecule has 2 rings (SSSR count). The molecule has 2 aromatic heterocycles. The predicted octanol–water partition coefficient (Wildman–Crippen LogP) is 4.55. The Kier molecular flexibility index (Phi) is 8.26. The number of nitrogens with zero attached hydrogens (tertiary/aromatic N) is 2. The fourth-order valence-corrected chi connectivity index (χ4v) is 10.6. The van der Waals surface area contributed by atoms with E-state index in [1.807, 2.05) is 0 Å². The van der Waals surface area contributed by atoms with Crippen LogP contribution in [-0.2, 0) is 0 Å². The molecule has 0 saturated carbocycles. The molecule has 6 heteroatoms. The summed E-state index contributed by atoms with van der Waals surface area (Å²) in [6, 6.07) is 0. The molecule has 2 aromatic rings. The molecule has 138 valence electrons. The van der Waals surface area contributed by atoms with Gasteiger partial charge in [-0.2, -0.15) is 0 Å². The van der Waals surface area contributed by atoms with Crippen LogP contribution in [0.25, 0.3) is 4.83 Å². The van der Waals surface area contributed by atoms with Crippen molar-refractivity contribution in [3.8, 4) is 0 Å². The van der Waals surface area contributed by atoms with E-state index in [9.17, 15) is 4.79 Å². The second-order valence-corrected chi connectivity index (χ2v) is 13.0. The fourth-order valence-electron chi connectivity index (χ4n) is 3.46. The summed E-state index contributed by atoms with van der Waals surface area (Å²) < 4.78 is 3.94. The van der Waals surface area contributed by atoms with Crippen molar-refractivity contribution in [2.24, 2.45) is 5.73 Å². The normalized spacial score (nSPS) is 12.1. The van der Waals surface area contributed by atoms with Crippen molar-refractivity contribution in [2.45, 2.75) is 82.0 Å². The molecule has 4 nitrogen and oxygen atoms in total. The fraction of sp³-hybridized carbons (Fsp3) is 0.684. The van der Waals surface area contributed by atoms with Crippen LogP contribution in [0.1, 0.15) is 89.2 Å².